The molecule has 0 N–H and O–H groups in total. The van der Waals surface area contributed by atoms with E-state index in [2.05, 4.69) is 0 Å². The third-order valence-electron chi connectivity index (χ3n) is 3.82. The van der Waals surface area contributed by atoms with Crippen molar-refractivity contribution in [3.8, 4) is 0 Å². The zero-order chi connectivity index (χ0) is 19.2. The van der Waals surface area contributed by atoms with Gasteiger partial charge in [-0.3, -0.25) is 9.59 Å². The van der Waals surface area contributed by atoms with Crippen LogP contribution in [-0.4, -0.2) is 38.4 Å². The van der Waals surface area contributed by atoms with E-state index in [1.165, 1.54) is 0 Å². The lowest BCUT2D eigenvalue weighted by molar-refractivity contribution is -0.144. The van der Waals surface area contributed by atoms with Crippen molar-refractivity contribution in [3.05, 3.63) is 71.8 Å². The molecule has 0 bridgehead atoms. The lowest BCUT2D eigenvalue weighted by Gasteiger charge is -2.07. The Morgan fingerprint density at radius 2 is 1.07 bits per heavy atom. The highest BCUT2D eigenvalue weighted by Crippen LogP contribution is 2.02. The van der Waals surface area contributed by atoms with Crippen LogP contribution in [0, 0.1) is 0 Å². The normalized spacial score (nSPS) is 10.4. The Labute approximate surface area is 160 Å². The Morgan fingerprint density at radius 1 is 0.593 bits per heavy atom. The minimum Gasteiger partial charge on any atom is -0.465 e. The number of unbranched alkanes of at least 4 members (excludes halogenated alkanes) is 1. The zero-order valence-electron chi connectivity index (χ0n) is 15.5. The lowest BCUT2D eigenvalue weighted by Crippen LogP contribution is -2.13. The van der Waals surface area contributed by atoms with Crippen LogP contribution in [0.2, 0.25) is 0 Å². The smallest absolute Gasteiger partial charge is 0.310 e. The van der Waals surface area contributed by atoms with Crippen LogP contribution in [-0.2, 0) is 36.6 Å². The molecule has 0 aliphatic heterocycles. The molecule has 27 heavy (non-hydrogen) atoms. The van der Waals surface area contributed by atoms with Gasteiger partial charge in [0.2, 0.25) is 0 Å². The predicted octanol–water partition coefficient (Wildman–Crippen LogP) is 3.36. The molecule has 0 aliphatic carbocycles. The molecule has 144 valence electrons. The van der Waals surface area contributed by atoms with Gasteiger partial charge in [0, 0.05) is 6.61 Å². The van der Waals surface area contributed by atoms with Crippen LogP contribution >= 0.6 is 0 Å². The average Bonchev–Trinajstić information content (AvgIpc) is 2.68. The number of ether oxygens (including phenoxy) is 3. The molecular weight excluding hydrogens is 344 g/mol. The second-order valence-corrected chi connectivity index (χ2v) is 6.09. The first-order valence-electron chi connectivity index (χ1n) is 9.21. The quantitative estimate of drug-likeness (QED) is 0.423. The molecule has 2 aromatic rings. The van der Waals surface area contributed by atoms with E-state index in [9.17, 15) is 9.59 Å². The summed E-state index contributed by atoms with van der Waals surface area (Å²) >= 11 is 0. The van der Waals surface area contributed by atoms with Gasteiger partial charge in [-0.05, 0) is 24.0 Å². The molecule has 5 heteroatoms. The standard InChI is InChI=1S/C22H26O5/c23-21(17-19-9-3-1-4-10-19)26-14-8-7-13-25-15-16-27-22(24)18-20-11-5-2-6-12-20/h1-6,9-12H,7-8,13-18H2. The monoisotopic (exact) mass is 370 g/mol. The molecule has 5 nitrogen and oxygen atoms in total. The third kappa shape index (κ3) is 9.56. The number of hydrogen-bond donors (Lipinski definition) is 0. The van der Waals surface area contributed by atoms with E-state index in [1.54, 1.807) is 0 Å². The Hall–Kier alpha value is -2.66. The van der Waals surface area contributed by atoms with Crippen molar-refractivity contribution < 1.29 is 23.8 Å². The van der Waals surface area contributed by atoms with Gasteiger partial charge in [0.1, 0.15) is 6.61 Å². The van der Waals surface area contributed by atoms with Gasteiger partial charge >= 0.3 is 11.9 Å². The van der Waals surface area contributed by atoms with Crippen molar-refractivity contribution in [1.82, 2.24) is 0 Å². The van der Waals surface area contributed by atoms with Crippen LogP contribution in [0.5, 0.6) is 0 Å². The number of carbonyl (C=O) groups is 2. The second kappa shape index (κ2) is 12.7. The summed E-state index contributed by atoms with van der Waals surface area (Å²) < 4.78 is 15.7. The molecule has 2 rings (SSSR count). The number of hydrogen-bond acceptors (Lipinski definition) is 5. The SMILES string of the molecule is O=C(Cc1ccccc1)OCCCCOCCOC(=O)Cc1ccccc1. The lowest BCUT2D eigenvalue weighted by atomic mass is 10.2. The summed E-state index contributed by atoms with van der Waals surface area (Å²) in [5.74, 6) is -0.470. The van der Waals surface area contributed by atoms with Gasteiger partial charge in [-0.25, -0.2) is 0 Å². The molecule has 0 saturated heterocycles. The number of esters is 2. The highest BCUT2D eigenvalue weighted by Gasteiger charge is 2.05. The van der Waals surface area contributed by atoms with Crippen LogP contribution in [0.4, 0.5) is 0 Å². The van der Waals surface area contributed by atoms with Crippen LogP contribution in [0.25, 0.3) is 0 Å². The first-order chi connectivity index (χ1) is 13.2. The maximum absolute atomic E-state index is 11.7. The van der Waals surface area contributed by atoms with Crippen LogP contribution in [0.3, 0.4) is 0 Å². The van der Waals surface area contributed by atoms with E-state index in [0.29, 0.717) is 26.2 Å². The van der Waals surface area contributed by atoms with Crippen LogP contribution in [0.15, 0.2) is 60.7 Å². The molecule has 0 aliphatic rings. The fourth-order valence-corrected chi connectivity index (χ4v) is 2.44. The molecule has 0 heterocycles. The summed E-state index contributed by atoms with van der Waals surface area (Å²) in [7, 11) is 0. The molecule has 0 fully saturated rings. The largest absolute Gasteiger partial charge is 0.465 e. The van der Waals surface area contributed by atoms with Gasteiger partial charge in [0.05, 0.1) is 26.1 Å². The zero-order valence-corrected chi connectivity index (χ0v) is 15.5. The van der Waals surface area contributed by atoms with Gasteiger partial charge < -0.3 is 14.2 Å². The molecule has 0 amide bonds. The minimum atomic E-state index is -0.255. The Balaban J connectivity index is 1.40. The number of carbonyl (C=O) groups excluding carboxylic acids is 2. The summed E-state index contributed by atoms with van der Waals surface area (Å²) in [6.45, 7) is 1.56. The Kier molecular flexibility index (Phi) is 9.68. The maximum atomic E-state index is 11.7. The minimum absolute atomic E-state index is 0.215. The van der Waals surface area contributed by atoms with Crippen LogP contribution < -0.4 is 0 Å². The Morgan fingerprint density at radius 3 is 1.63 bits per heavy atom. The molecule has 0 aromatic heterocycles. The van der Waals surface area contributed by atoms with Gasteiger partial charge in [0.15, 0.2) is 0 Å². The van der Waals surface area contributed by atoms with Crippen molar-refractivity contribution >= 4 is 11.9 Å². The van der Waals surface area contributed by atoms with E-state index < -0.39 is 0 Å². The first-order valence-corrected chi connectivity index (χ1v) is 9.21. The molecular formula is C22H26O5. The topological polar surface area (TPSA) is 61.8 Å². The highest BCUT2D eigenvalue weighted by atomic mass is 16.6. The van der Waals surface area contributed by atoms with E-state index >= 15 is 0 Å². The van der Waals surface area contributed by atoms with Crippen LogP contribution in [0.1, 0.15) is 24.0 Å². The first kappa shape index (κ1) is 20.6. The summed E-state index contributed by atoms with van der Waals surface area (Å²) in [6, 6.07) is 19.0. The van der Waals surface area contributed by atoms with Gasteiger partial charge in [-0.1, -0.05) is 60.7 Å². The fourth-order valence-electron chi connectivity index (χ4n) is 2.44. The number of rotatable bonds is 12. The molecule has 0 saturated carbocycles. The molecule has 0 radical (unpaired) electrons. The van der Waals surface area contributed by atoms with Crippen molar-refractivity contribution in [3.63, 3.8) is 0 Å². The van der Waals surface area contributed by atoms with Gasteiger partial charge in [-0.15, -0.1) is 0 Å². The van der Waals surface area contributed by atoms with E-state index in [-0.39, 0.29) is 25.0 Å². The molecule has 0 atom stereocenters. The molecule has 2 aromatic carbocycles. The van der Waals surface area contributed by atoms with Crippen molar-refractivity contribution in [1.29, 1.82) is 0 Å². The second-order valence-electron chi connectivity index (χ2n) is 6.09. The van der Waals surface area contributed by atoms with Crippen molar-refractivity contribution in [2.24, 2.45) is 0 Å². The third-order valence-corrected chi connectivity index (χ3v) is 3.82. The maximum Gasteiger partial charge on any atom is 0.310 e. The predicted molar refractivity (Wildman–Crippen MR) is 102 cm³/mol. The summed E-state index contributed by atoms with van der Waals surface area (Å²) in [6.07, 6.45) is 2.10. The summed E-state index contributed by atoms with van der Waals surface area (Å²) in [4.78, 5) is 23.3. The highest BCUT2D eigenvalue weighted by molar-refractivity contribution is 5.72. The molecule has 0 spiro atoms. The van der Waals surface area contributed by atoms with Gasteiger partial charge in [-0.2, -0.15) is 0 Å². The Bertz CT molecular complexity index is 610. The fraction of sp³-hybridized carbons (Fsp3) is 0.364. The van der Waals surface area contributed by atoms with Crippen molar-refractivity contribution in [2.45, 2.75) is 25.7 Å². The van der Waals surface area contributed by atoms with E-state index in [4.69, 9.17) is 14.2 Å². The summed E-state index contributed by atoms with van der Waals surface area (Å²) in [5, 5.41) is 0. The van der Waals surface area contributed by atoms with E-state index in [0.717, 1.165) is 24.0 Å². The average molecular weight is 370 g/mol. The number of benzene rings is 2. The van der Waals surface area contributed by atoms with Gasteiger partial charge in [0.25, 0.3) is 0 Å². The summed E-state index contributed by atoms with van der Waals surface area (Å²) in [5.41, 5.74) is 1.89. The molecule has 0 unspecified atom stereocenters. The van der Waals surface area contributed by atoms with Crippen molar-refractivity contribution in [2.75, 3.05) is 26.4 Å². The van der Waals surface area contributed by atoms with E-state index in [1.807, 2.05) is 60.7 Å².